The lowest BCUT2D eigenvalue weighted by atomic mass is 9.74. The van der Waals surface area contributed by atoms with Crippen LogP contribution in [0.2, 0.25) is 0 Å². The van der Waals surface area contributed by atoms with Crippen molar-refractivity contribution >= 4 is 23.2 Å². The number of aryl methyl sites for hydroxylation is 2. The van der Waals surface area contributed by atoms with E-state index in [1.54, 1.807) is 0 Å². The van der Waals surface area contributed by atoms with Gasteiger partial charge in [-0.25, -0.2) is 0 Å². The zero-order chi connectivity index (χ0) is 25.0. The minimum atomic E-state index is -1.07. The molecule has 0 aliphatic heterocycles. The highest BCUT2D eigenvalue weighted by Gasteiger charge is 2.34. The molecule has 1 atom stereocenters. The predicted molar refractivity (Wildman–Crippen MR) is 133 cm³/mol. The van der Waals surface area contributed by atoms with Crippen LogP contribution in [0.25, 0.3) is 0 Å². The number of amides is 1. The second-order valence-electron chi connectivity index (χ2n) is 9.66. The third kappa shape index (κ3) is 6.15. The molecule has 0 radical (unpaired) electrons. The molecule has 2 rings (SSSR count). The lowest BCUT2D eigenvalue weighted by molar-refractivity contribution is -0.135. The molecule has 1 unspecified atom stereocenters. The number of aliphatic hydroxyl groups excluding tert-OH is 1. The highest BCUT2D eigenvalue weighted by Crippen LogP contribution is 2.44. The summed E-state index contributed by atoms with van der Waals surface area (Å²) in [6, 6.07) is 8.21. The van der Waals surface area contributed by atoms with Crippen molar-refractivity contribution in [3.8, 4) is 5.75 Å². The molecular weight excluding hydrogens is 438 g/mol. The fraction of sp³-hybridized carbons (Fsp3) is 0.538. The van der Waals surface area contributed by atoms with Crippen LogP contribution in [-0.2, 0) is 10.2 Å². The summed E-state index contributed by atoms with van der Waals surface area (Å²) < 4.78 is 5.92. The molecule has 0 saturated carbocycles. The summed E-state index contributed by atoms with van der Waals surface area (Å²) in [5, 5.41) is 21.6. The van der Waals surface area contributed by atoms with Crippen molar-refractivity contribution < 1.29 is 24.5 Å². The Bertz CT molecular complexity index is 985. The Balaban J connectivity index is 2.36. The number of carbonyl (C=O) groups is 2. The van der Waals surface area contributed by atoms with Gasteiger partial charge in [-0.05, 0) is 60.9 Å². The lowest BCUT2D eigenvalue weighted by Crippen LogP contribution is -2.32. The molecule has 6 nitrogen and oxygen atoms in total. The van der Waals surface area contributed by atoms with E-state index in [1.165, 1.54) is 11.3 Å². The van der Waals surface area contributed by atoms with Gasteiger partial charge < -0.3 is 20.3 Å². The molecule has 7 heteroatoms. The van der Waals surface area contributed by atoms with Crippen molar-refractivity contribution in [2.24, 2.45) is 5.41 Å². The topological polar surface area (TPSA) is 95.9 Å². The quantitative estimate of drug-likeness (QED) is 0.446. The van der Waals surface area contributed by atoms with E-state index in [-0.39, 0.29) is 23.3 Å². The van der Waals surface area contributed by atoms with Crippen molar-refractivity contribution in [1.29, 1.82) is 0 Å². The van der Waals surface area contributed by atoms with E-state index in [2.05, 4.69) is 31.3 Å². The number of aliphatic hydroxyl groups is 1. The van der Waals surface area contributed by atoms with Gasteiger partial charge >= 0.3 is 5.97 Å². The highest BCUT2D eigenvalue weighted by molar-refractivity contribution is 7.14. The molecule has 1 amide bonds. The molecule has 0 aliphatic rings. The highest BCUT2D eigenvalue weighted by atomic mass is 32.1. The molecule has 1 aromatic heterocycles. The van der Waals surface area contributed by atoms with E-state index >= 15 is 0 Å². The van der Waals surface area contributed by atoms with Gasteiger partial charge in [0.2, 0.25) is 0 Å². The molecule has 0 fully saturated rings. The van der Waals surface area contributed by atoms with Gasteiger partial charge in [0, 0.05) is 10.3 Å². The molecule has 182 valence electrons. The molecule has 2 aromatic rings. The Kier molecular flexibility index (Phi) is 8.71. The van der Waals surface area contributed by atoms with Crippen LogP contribution in [0.1, 0.15) is 78.7 Å². The zero-order valence-electron chi connectivity index (χ0n) is 20.7. The number of ether oxygens (including phenoxy) is 1. The van der Waals surface area contributed by atoms with Crippen LogP contribution in [-0.4, -0.2) is 41.3 Å². The molecule has 33 heavy (non-hydrogen) atoms. The number of hydrogen-bond acceptors (Lipinski definition) is 5. The Morgan fingerprint density at radius 1 is 1.09 bits per heavy atom. The van der Waals surface area contributed by atoms with E-state index in [0.29, 0.717) is 4.88 Å². The predicted octanol–water partition coefficient (Wildman–Crippen LogP) is 5.07. The van der Waals surface area contributed by atoms with Crippen molar-refractivity contribution in [1.82, 2.24) is 5.32 Å². The number of rotatable bonds is 10. The minimum Gasteiger partial charge on any atom is -0.491 e. The minimum absolute atomic E-state index is 0.231. The fourth-order valence-corrected chi connectivity index (χ4v) is 5.30. The third-order valence-corrected chi connectivity index (χ3v) is 7.77. The number of nitrogens with one attached hydrogen (secondary N) is 1. The number of hydrogen-bond donors (Lipinski definition) is 3. The van der Waals surface area contributed by atoms with E-state index in [0.717, 1.165) is 40.2 Å². The van der Waals surface area contributed by atoms with Crippen LogP contribution in [0.15, 0.2) is 24.3 Å². The third-order valence-electron chi connectivity index (χ3n) is 6.33. The summed E-state index contributed by atoms with van der Waals surface area (Å²) >= 11 is 1.43. The lowest BCUT2D eigenvalue weighted by Gasteiger charge is -2.32. The van der Waals surface area contributed by atoms with Crippen molar-refractivity contribution in [3.63, 3.8) is 0 Å². The van der Waals surface area contributed by atoms with E-state index < -0.39 is 18.6 Å². The number of carboxylic acids is 1. The van der Waals surface area contributed by atoms with E-state index in [4.69, 9.17) is 9.84 Å². The Labute approximate surface area is 201 Å². The summed E-state index contributed by atoms with van der Waals surface area (Å²) in [7, 11) is 0. The first-order valence-corrected chi connectivity index (χ1v) is 12.2. The molecule has 3 N–H and O–H groups in total. The van der Waals surface area contributed by atoms with Gasteiger partial charge in [-0.2, -0.15) is 0 Å². The maximum atomic E-state index is 12.5. The average molecular weight is 476 g/mol. The zero-order valence-corrected chi connectivity index (χ0v) is 21.6. The summed E-state index contributed by atoms with van der Waals surface area (Å²) in [4.78, 5) is 25.0. The summed E-state index contributed by atoms with van der Waals surface area (Å²) in [5.74, 6) is -0.675. The van der Waals surface area contributed by atoms with Gasteiger partial charge in [-0.3, -0.25) is 9.59 Å². The van der Waals surface area contributed by atoms with E-state index in [1.807, 2.05) is 46.8 Å². The number of carbonyl (C=O) groups excluding carboxylic acids is 1. The van der Waals surface area contributed by atoms with Crippen LogP contribution in [0.3, 0.4) is 0 Å². The SMILES string of the molecule is CCC(CC)(c1ccc(OCC(O)C(C)(C)C)c(C)c1)c1cc(C)c(C(=O)NCC(=O)O)s1. The maximum absolute atomic E-state index is 12.5. The first-order valence-electron chi connectivity index (χ1n) is 11.4. The standard InChI is InChI=1S/C26H37NO5S/c1-8-26(9-2,21-13-17(4)23(33-21)24(31)27-14-22(29)30)18-10-11-19(16(3)12-18)32-15-20(28)25(5,6)7/h10-13,20,28H,8-9,14-15H2,1-7H3,(H,27,31)(H,29,30). The molecule has 0 saturated heterocycles. The van der Waals surface area contributed by atoms with Crippen LogP contribution >= 0.6 is 11.3 Å². The average Bonchev–Trinajstić information content (AvgIpc) is 3.13. The van der Waals surface area contributed by atoms with Gasteiger partial charge in [0.15, 0.2) is 0 Å². The van der Waals surface area contributed by atoms with Crippen LogP contribution < -0.4 is 10.1 Å². The Hall–Kier alpha value is -2.38. The van der Waals surface area contributed by atoms with Crippen LogP contribution in [0.4, 0.5) is 0 Å². The Morgan fingerprint density at radius 3 is 2.24 bits per heavy atom. The second-order valence-corrected chi connectivity index (χ2v) is 10.7. The van der Waals surface area contributed by atoms with Crippen LogP contribution in [0.5, 0.6) is 5.75 Å². The van der Waals surface area contributed by atoms with Crippen LogP contribution in [0, 0.1) is 19.3 Å². The smallest absolute Gasteiger partial charge is 0.322 e. The van der Waals surface area contributed by atoms with Crippen molar-refractivity contribution in [2.45, 2.75) is 72.8 Å². The number of carboxylic acid groups (broad SMARTS) is 1. The summed E-state index contributed by atoms with van der Waals surface area (Å²) in [5.41, 5.74) is 2.46. The molecule has 0 aliphatic carbocycles. The van der Waals surface area contributed by atoms with Gasteiger partial charge in [0.1, 0.15) is 18.9 Å². The molecule has 0 spiro atoms. The summed E-state index contributed by atoms with van der Waals surface area (Å²) in [6.45, 7) is 13.9. The van der Waals surface area contributed by atoms with Gasteiger partial charge in [0.05, 0.1) is 11.0 Å². The van der Waals surface area contributed by atoms with Gasteiger partial charge in [-0.1, -0.05) is 46.8 Å². The van der Waals surface area contributed by atoms with Crippen molar-refractivity contribution in [3.05, 3.63) is 50.7 Å². The first-order chi connectivity index (χ1) is 15.4. The second kappa shape index (κ2) is 10.7. The number of benzene rings is 1. The fourth-order valence-electron chi connectivity index (χ4n) is 3.86. The molecular formula is C26H37NO5S. The van der Waals surface area contributed by atoms with Gasteiger partial charge in [0.25, 0.3) is 5.91 Å². The van der Waals surface area contributed by atoms with Crippen molar-refractivity contribution in [2.75, 3.05) is 13.2 Å². The normalized spacial score (nSPS) is 13.0. The van der Waals surface area contributed by atoms with Gasteiger partial charge in [-0.15, -0.1) is 11.3 Å². The first kappa shape index (κ1) is 26.9. The number of aliphatic carboxylic acids is 1. The molecule has 1 aromatic carbocycles. The Morgan fingerprint density at radius 2 is 1.73 bits per heavy atom. The monoisotopic (exact) mass is 475 g/mol. The molecule has 0 bridgehead atoms. The largest absolute Gasteiger partial charge is 0.491 e. The maximum Gasteiger partial charge on any atom is 0.322 e. The van der Waals surface area contributed by atoms with E-state index in [9.17, 15) is 14.7 Å². The molecule has 1 heterocycles. The summed E-state index contributed by atoms with van der Waals surface area (Å²) in [6.07, 6.45) is 1.13. The number of thiophene rings is 1.